The number of aromatic nitrogens is 3. The molecule has 0 radical (unpaired) electrons. The van der Waals surface area contributed by atoms with Crippen molar-refractivity contribution in [2.24, 2.45) is 0 Å². The fourth-order valence-corrected chi connectivity index (χ4v) is 6.93. The first-order chi connectivity index (χ1) is 19.2. The molecule has 11 heteroatoms. The van der Waals surface area contributed by atoms with Crippen molar-refractivity contribution in [3.8, 4) is 5.75 Å². The molecule has 3 heterocycles. The fraction of sp³-hybridized carbons (Fsp3) is 0.483. The first kappa shape index (κ1) is 28.3. The summed E-state index contributed by atoms with van der Waals surface area (Å²) in [6.07, 6.45) is 4.43. The number of rotatable bonds is 9. The van der Waals surface area contributed by atoms with Gasteiger partial charge in [0.1, 0.15) is 18.2 Å². The number of aliphatic hydroxyl groups excluding tert-OH is 1. The number of benzene rings is 2. The Bertz CT molecular complexity index is 1470. The van der Waals surface area contributed by atoms with E-state index in [0.29, 0.717) is 17.6 Å². The van der Waals surface area contributed by atoms with Gasteiger partial charge in [-0.25, -0.2) is 18.4 Å². The number of hydrogen-bond donors (Lipinski definition) is 3. The molecule has 0 aliphatic carbocycles. The van der Waals surface area contributed by atoms with Gasteiger partial charge in [0.25, 0.3) is 0 Å². The number of sulfone groups is 1. The lowest BCUT2D eigenvalue weighted by molar-refractivity contribution is 0.164. The van der Waals surface area contributed by atoms with Crippen LogP contribution in [0.2, 0.25) is 0 Å². The van der Waals surface area contributed by atoms with Crippen LogP contribution >= 0.6 is 0 Å². The molecule has 10 nitrogen and oxygen atoms in total. The Labute approximate surface area is 236 Å². The lowest BCUT2D eigenvalue weighted by atomic mass is 9.82. The molecule has 2 aliphatic rings. The van der Waals surface area contributed by atoms with Crippen LogP contribution in [0.3, 0.4) is 0 Å². The zero-order chi connectivity index (χ0) is 28.4. The number of likely N-dealkylation sites (tertiary alicyclic amines) is 1. The van der Waals surface area contributed by atoms with Crippen LogP contribution in [-0.4, -0.2) is 71.0 Å². The number of aliphatic hydroxyl groups is 1. The summed E-state index contributed by atoms with van der Waals surface area (Å²) in [7, 11) is -3.50. The third-order valence-electron chi connectivity index (χ3n) is 7.73. The number of hydrogen-bond acceptors (Lipinski definition) is 10. The molecule has 1 fully saturated rings. The van der Waals surface area contributed by atoms with E-state index in [0.717, 1.165) is 50.3 Å². The van der Waals surface area contributed by atoms with E-state index in [1.807, 2.05) is 0 Å². The summed E-state index contributed by atoms with van der Waals surface area (Å²) in [6, 6.07) is 8.86. The smallest absolute Gasteiger partial charge is 0.232 e. The van der Waals surface area contributed by atoms with E-state index in [1.165, 1.54) is 23.0 Å². The van der Waals surface area contributed by atoms with Crippen molar-refractivity contribution in [1.29, 1.82) is 0 Å². The Kier molecular flexibility index (Phi) is 8.25. The Morgan fingerprint density at radius 1 is 1.10 bits per heavy atom. The van der Waals surface area contributed by atoms with Crippen molar-refractivity contribution in [3.05, 3.63) is 53.3 Å². The van der Waals surface area contributed by atoms with E-state index in [-0.39, 0.29) is 23.6 Å². The minimum Gasteiger partial charge on any atom is -0.488 e. The lowest BCUT2D eigenvalue weighted by Crippen LogP contribution is -2.35. The van der Waals surface area contributed by atoms with Gasteiger partial charge in [-0.3, -0.25) is 0 Å². The Balaban J connectivity index is 1.40. The maximum atomic E-state index is 12.9. The Morgan fingerprint density at radius 2 is 1.77 bits per heavy atom. The monoisotopic (exact) mass is 566 g/mol. The summed E-state index contributed by atoms with van der Waals surface area (Å²) >= 11 is 0. The van der Waals surface area contributed by atoms with E-state index in [1.54, 1.807) is 38.1 Å². The minimum atomic E-state index is -3.50. The van der Waals surface area contributed by atoms with Crippen LogP contribution in [0.25, 0.3) is 0 Å². The molecule has 3 N–H and O–H groups in total. The highest BCUT2D eigenvalue weighted by molar-refractivity contribution is 7.92. The molecule has 1 saturated heterocycles. The number of piperidine rings is 1. The average molecular weight is 567 g/mol. The van der Waals surface area contributed by atoms with Gasteiger partial charge in [0, 0.05) is 18.5 Å². The van der Waals surface area contributed by atoms with Gasteiger partial charge in [-0.2, -0.15) is 4.98 Å². The fourth-order valence-electron chi connectivity index (χ4n) is 5.73. The summed E-state index contributed by atoms with van der Waals surface area (Å²) in [6.45, 7) is 10.4. The van der Waals surface area contributed by atoms with Crippen molar-refractivity contribution in [3.63, 3.8) is 0 Å². The summed E-state index contributed by atoms with van der Waals surface area (Å²) in [4.78, 5) is 15.6. The molecule has 0 spiro atoms. The van der Waals surface area contributed by atoms with E-state index in [2.05, 4.69) is 50.4 Å². The summed E-state index contributed by atoms with van der Waals surface area (Å²) in [5, 5.41) is 15.1. The molecule has 5 rings (SSSR count). The normalized spacial score (nSPS) is 18.0. The van der Waals surface area contributed by atoms with Gasteiger partial charge in [-0.05, 0) is 88.9 Å². The third kappa shape index (κ3) is 5.77. The van der Waals surface area contributed by atoms with Crippen LogP contribution in [0.5, 0.6) is 5.75 Å². The van der Waals surface area contributed by atoms with E-state index in [4.69, 9.17) is 4.74 Å². The van der Waals surface area contributed by atoms with E-state index in [9.17, 15) is 13.5 Å². The van der Waals surface area contributed by atoms with E-state index < -0.39 is 15.1 Å². The number of anilines is 4. The van der Waals surface area contributed by atoms with Gasteiger partial charge in [0.05, 0.1) is 28.1 Å². The average Bonchev–Trinajstić information content (AvgIpc) is 3.31. The molecular formula is C29H38N6O4S. The molecule has 40 heavy (non-hydrogen) atoms. The van der Waals surface area contributed by atoms with Gasteiger partial charge in [0.2, 0.25) is 11.9 Å². The number of ether oxygens (including phenoxy) is 1. The number of para-hydroxylation sites is 1. The van der Waals surface area contributed by atoms with Crippen molar-refractivity contribution >= 4 is 33.1 Å². The van der Waals surface area contributed by atoms with Crippen LogP contribution in [-0.2, 0) is 16.3 Å². The van der Waals surface area contributed by atoms with Crippen molar-refractivity contribution in [1.82, 2.24) is 19.9 Å². The van der Waals surface area contributed by atoms with Crippen molar-refractivity contribution < 1.29 is 18.3 Å². The number of fused-ring (bicyclic) bond motifs is 1. The zero-order valence-electron chi connectivity index (χ0n) is 23.5. The molecule has 2 aromatic carbocycles. The third-order valence-corrected chi connectivity index (χ3v) is 9.94. The topological polar surface area (TPSA) is 130 Å². The molecular weight excluding hydrogens is 528 g/mol. The zero-order valence-corrected chi connectivity index (χ0v) is 24.3. The van der Waals surface area contributed by atoms with Crippen LogP contribution in [0.4, 0.5) is 23.3 Å². The second kappa shape index (κ2) is 11.7. The largest absolute Gasteiger partial charge is 0.488 e. The first-order valence-electron chi connectivity index (χ1n) is 13.9. The van der Waals surface area contributed by atoms with Gasteiger partial charge in [-0.1, -0.05) is 12.1 Å². The maximum Gasteiger partial charge on any atom is 0.232 e. The summed E-state index contributed by atoms with van der Waals surface area (Å²) in [5.41, 5.74) is 5.06. The molecule has 0 unspecified atom stereocenters. The summed E-state index contributed by atoms with van der Waals surface area (Å²) < 4.78 is 32.0. The maximum absolute atomic E-state index is 12.9. The van der Waals surface area contributed by atoms with E-state index >= 15 is 0 Å². The van der Waals surface area contributed by atoms with Gasteiger partial charge < -0.3 is 25.4 Å². The van der Waals surface area contributed by atoms with Crippen LogP contribution in [0.1, 0.15) is 56.2 Å². The number of aryl methyl sites for hydroxylation is 1. The number of nitrogens with zero attached hydrogens (tertiary/aromatic N) is 4. The van der Waals surface area contributed by atoms with Crippen molar-refractivity contribution in [2.45, 2.75) is 69.1 Å². The van der Waals surface area contributed by atoms with Gasteiger partial charge in [0.15, 0.2) is 9.84 Å². The highest BCUT2D eigenvalue weighted by Gasteiger charge is 2.32. The van der Waals surface area contributed by atoms with Gasteiger partial charge >= 0.3 is 0 Å². The molecule has 0 saturated carbocycles. The van der Waals surface area contributed by atoms with Crippen LogP contribution in [0.15, 0.2) is 41.6 Å². The molecule has 1 atom stereocenters. The second-order valence-electron chi connectivity index (χ2n) is 10.9. The molecule has 3 aromatic rings. The highest BCUT2D eigenvalue weighted by Crippen LogP contribution is 2.45. The van der Waals surface area contributed by atoms with Crippen LogP contribution < -0.4 is 15.4 Å². The molecule has 214 valence electrons. The Morgan fingerprint density at radius 3 is 2.45 bits per heavy atom. The van der Waals surface area contributed by atoms with Crippen LogP contribution in [0, 0.1) is 6.92 Å². The standard InChI is InChI=1S/C29H38N6O4S/c1-18(2)40(37,38)25-8-6-5-7-23(25)32-28-30-17-31-29(34-28)33-24-15-19(3)26(22-16-20(4)39-27(22)24)21-9-11-35(12-10-21)13-14-36/h5-8,15,17-18,20-21,36H,9-14,16H2,1-4H3,(H2,30,31,32,33,34)/t20-/m1/s1. The van der Waals surface area contributed by atoms with Crippen molar-refractivity contribution in [2.75, 3.05) is 36.9 Å². The predicted molar refractivity (Wildman–Crippen MR) is 156 cm³/mol. The quantitative estimate of drug-likeness (QED) is 0.344. The Hall–Kier alpha value is -3.28. The number of nitrogens with one attached hydrogen (secondary N) is 2. The number of β-amino-alcohol motifs (C(OH)–C–C–N with tert-alkyl or cyclic N) is 1. The molecule has 0 bridgehead atoms. The first-order valence-corrected chi connectivity index (χ1v) is 15.4. The SMILES string of the molecule is Cc1cc(Nc2ncnc(Nc3ccccc3S(=O)(=O)C(C)C)n2)c2c(c1C1CCN(CCO)CC1)C[C@@H](C)O2. The summed E-state index contributed by atoms with van der Waals surface area (Å²) in [5.74, 6) is 1.87. The molecule has 1 aromatic heterocycles. The lowest BCUT2D eigenvalue weighted by Gasteiger charge is -2.33. The minimum absolute atomic E-state index is 0.0700. The molecule has 2 aliphatic heterocycles. The van der Waals surface area contributed by atoms with Gasteiger partial charge in [-0.15, -0.1) is 0 Å². The second-order valence-corrected chi connectivity index (χ2v) is 13.4. The predicted octanol–water partition coefficient (Wildman–Crippen LogP) is 4.34. The highest BCUT2D eigenvalue weighted by atomic mass is 32.2. The molecule has 0 amide bonds.